The summed E-state index contributed by atoms with van der Waals surface area (Å²) in [7, 11) is 3.07. The van der Waals surface area contributed by atoms with Gasteiger partial charge in [-0.3, -0.25) is 4.79 Å². The van der Waals surface area contributed by atoms with Gasteiger partial charge in [0.15, 0.2) is 5.78 Å². The van der Waals surface area contributed by atoms with Crippen LogP contribution in [-0.4, -0.2) is 67.5 Å². The number of ketones is 1. The molecule has 0 fully saturated rings. The summed E-state index contributed by atoms with van der Waals surface area (Å²) in [5.74, 6) is 4.47. The highest BCUT2D eigenvalue weighted by atomic mass is 35.5. The summed E-state index contributed by atoms with van der Waals surface area (Å²) >= 11 is 0. The molecule has 2 unspecified atom stereocenters. The van der Waals surface area contributed by atoms with Gasteiger partial charge in [0.1, 0.15) is 11.6 Å². The number of benzene rings is 2. The van der Waals surface area contributed by atoms with E-state index >= 15 is 0 Å². The number of rotatable bonds is 7. The van der Waals surface area contributed by atoms with E-state index in [-0.39, 0.29) is 65.5 Å². The Morgan fingerprint density at radius 1 is 0.636 bits per heavy atom. The molecule has 0 amide bonds. The number of aryl methyl sites for hydroxylation is 2. The van der Waals surface area contributed by atoms with Crippen molar-refractivity contribution in [2.45, 2.75) is 51.4 Å². The number of hydrazone groups is 1. The van der Waals surface area contributed by atoms with Crippen molar-refractivity contribution in [3.8, 4) is 34.3 Å². The molecule has 14 N–H and O–H groups in total. The number of fused-ring (bicyclic) bond motifs is 2. The predicted molar refractivity (Wildman–Crippen MR) is 251 cm³/mol. The Kier molecular flexibility index (Phi) is 16.0. The van der Waals surface area contributed by atoms with Gasteiger partial charge < -0.3 is 49.7 Å². The Bertz CT molecular complexity index is 2840. The minimum atomic E-state index is -0.367. The third-order valence-electron chi connectivity index (χ3n) is 10.4. The fraction of sp³-hybridized carbons (Fsp3) is 0.227. The van der Waals surface area contributed by atoms with Crippen LogP contribution in [-0.2, 0) is 12.8 Å². The fourth-order valence-electron chi connectivity index (χ4n) is 7.84. The number of methoxy groups -OCH3 is 2. The molecule has 2 atom stereocenters. The lowest BCUT2D eigenvalue weighted by molar-refractivity contribution is 0.0962. The van der Waals surface area contributed by atoms with Crippen LogP contribution < -0.4 is 49.7 Å². The minimum Gasteiger partial charge on any atom is -0.481 e. The van der Waals surface area contributed by atoms with E-state index in [9.17, 15) is 13.6 Å². The number of nitrogen functional groups attached to an aromatic ring is 2. The Labute approximate surface area is 384 Å². The van der Waals surface area contributed by atoms with E-state index in [2.05, 4.69) is 51.1 Å². The molecule has 66 heavy (non-hydrogen) atoms. The van der Waals surface area contributed by atoms with Crippen molar-refractivity contribution in [1.29, 1.82) is 0 Å². The highest BCUT2D eigenvalue weighted by molar-refractivity contribution is 6.04. The second-order valence-electron chi connectivity index (χ2n) is 14.8. The quantitative estimate of drug-likeness (QED) is 0.0507. The van der Waals surface area contributed by atoms with E-state index in [1.807, 2.05) is 19.1 Å². The van der Waals surface area contributed by atoms with E-state index in [0.29, 0.717) is 88.3 Å². The first-order valence-corrected chi connectivity index (χ1v) is 19.9. The van der Waals surface area contributed by atoms with Crippen molar-refractivity contribution < 1.29 is 23.0 Å². The maximum Gasteiger partial charge on any atom is 0.220 e. The van der Waals surface area contributed by atoms with Crippen molar-refractivity contribution in [2.75, 3.05) is 25.7 Å². The fourth-order valence-corrected chi connectivity index (χ4v) is 7.84. The first kappa shape index (κ1) is 49.0. The van der Waals surface area contributed by atoms with Gasteiger partial charge in [-0.1, -0.05) is 24.3 Å². The number of pyridine rings is 2. The number of carbonyl (C=O) groups excluding carboxylic acids is 1. The zero-order valence-electron chi connectivity index (χ0n) is 36.4. The monoisotopic (exact) mass is 922 g/mol. The highest BCUT2D eigenvalue weighted by Gasteiger charge is 2.32. The summed E-state index contributed by atoms with van der Waals surface area (Å²) in [5.41, 5.74) is 40.9. The number of halogens is 3. The molecule has 2 aliphatic rings. The van der Waals surface area contributed by atoms with Gasteiger partial charge in [0.05, 0.1) is 59.7 Å². The summed E-state index contributed by atoms with van der Waals surface area (Å²) in [6.45, 7) is 3.60. The van der Waals surface area contributed by atoms with E-state index in [0.717, 1.165) is 22.4 Å². The number of hydrogen-bond donors (Lipinski definition) is 7. The van der Waals surface area contributed by atoms with Crippen LogP contribution >= 0.6 is 12.4 Å². The zero-order valence-corrected chi connectivity index (χ0v) is 37.2. The summed E-state index contributed by atoms with van der Waals surface area (Å²) in [5, 5.41) is 11.0. The Morgan fingerprint density at radius 3 is 1.55 bits per heavy atom. The molecule has 0 bridgehead atoms. The number of hydrogen-bond acceptors (Lipinski definition) is 15. The number of aromatic nitrogens is 6. The van der Waals surface area contributed by atoms with Crippen LogP contribution in [0.4, 0.5) is 20.7 Å². The van der Waals surface area contributed by atoms with Crippen LogP contribution in [0, 0.1) is 25.5 Å². The topological polar surface area (TPSA) is 332 Å². The number of nitrogens with zero attached hydrogens (tertiary/aromatic N) is 9. The van der Waals surface area contributed by atoms with Crippen LogP contribution in [0.2, 0.25) is 0 Å². The van der Waals surface area contributed by atoms with Crippen LogP contribution in [0.5, 0.6) is 11.8 Å². The van der Waals surface area contributed by atoms with E-state index < -0.39 is 0 Å². The van der Waals surface area contributed by atoms with Gasteiger partial charge in [0.2, 0.25) is 35.6 Å². The molecular formula is C44H49ClF2N16O3. The third kappa shape index (κ3) is 11.5. The molecule has 4 heterocycles. The number of ether oxygens (including phenoxy) is 2. The normalized spacial score (nSPS) is 15.2. The zero-order chi connectivity index (χ0) is 46.9. The summed E-state index contributed by atoms with van der Waals surface area (Å²) in [6, 6.07) is 19.9. The van der Waals surface area contributed by atoms with Crippen LogP contribution in [0.1, 0.15) is 74.5 Å². The second-order valence-corrected chi connectivity index (χ2v) is 14.8. The molecule has 0 radical (unpaired) electrons. The summed E-state index contributed by atoms with van der Waals surface area (Å²) in [6.07, 6.45) is 1.88. The molecule has 22 heteroatoms. The van der Waals surface area contributed by atoms with Gasteiger partial charge in [0, 0.05) is 35.2 Å². The molecule has 2 aromatic carbocycles. The maximum atomic E-state index is 14.2. The molecule has 2 aliphatic carbocycles. The average Bonchev–Trinajstić information content (AvgIpc) is 3.27. The maximum absolute atomic E-state index is 14.2. The van der Waals surface area contributed by atoms with Crippen LogP contribution in [0.3, 0.4) is 0 Å². The molecule has 0 saturated heterocycles. The molecule has 0 spiro atoms. The minimum absolute atomic E-state index is 0. The average molecular weight is 923 g/mol. The van der Waals surface area contributed by atoms with Gasteiger partial charge in [-0.2, -0.15) is 5.10 Å². The van der Waals surface area contributed by atoms with Crippen molar-refractivity contribution in [3.63, 3.8) is 0 Å². The molecule has 0 saturated carbocycles. The van der Waals surface area contributed by atoms with E-state index in [1.54, 1.807) is 43.3 Å². The lowest BCUT2D eigenvalue weighted by Gasteiger charge is -2.27. The van der Waals surface area contributed by atoms with Gasteiger partial charge in [0.25, 0.3) is 0 Å². The van der Waals surface area contributed by atoms with Crippen LogP contribution in [0.15, 0.2) is 88.1 Å². The SMILES string of the molecule is COc1cccc(-c2cc(F)ccc2C2C/C(=N\N=C(N)N)c3c(C)nc(N)nc3C2)n1.COc1cccc(-c2cc(F)ccc2C2CC(=O)c3c(C)nc(N)nc3C2)n1.Cl.NN=C(N)N. The standard InChI is InChI=1S/C22H23FN8O.C21H19FN4O2.CH6N4.ClH/c1-11-20-17(29-22(26)27-11)8-12(9-18(20)30-31-21(24)25)14-7-6-13(23)10-15(14)16-4-3-5-19(28-16)32-2;1-11-20-17(26-21(23)24-11)8-12(9-18(20)27)14-7-6-13(22)10-15(14)16-4-3-5-19(25-16)28-2;2-1(3)5-4;/h3-7,10,12H,8-9H2,1-2H3,(H4,24,25,31)(H2,26,27,29);3-7,10,12H,8-9H2,1-2H3,(H2,23,24,26);4H2,(H4,2,3,5);1H/b30-18+;;;. The summed E-state index contributed by atoms with van der Waals surface area (Å²) < 4.78 is 38.7. The van der Waals surface area contributed by atoms with Gasteiger partial charge >= 0.3 is 0 Å². The number of anilines is 2. The second kappa shape index (κ2) is 21.5. The van der Waals surface area contributed by atoms with Gasteiger partial charge in [-0.25, -0.2) is 38.7 Å². The van der Waals surface area contributed by atoms with Crippen molar-refractivity contribution >= 4 is 47.7 Å². The van der Waals surface area contributed by atoms with Gasteiger partial charge in [-0.15, -0.1) is 22.6 Å². The number of guanidine groups is 2. The third-order valence-corrected chi connectivity index (χ3v) is 10.4. The molecule has 8 rings (SSSR count). The number of nitrogens with two attached hydrogens (primary N) is 7. The largest absolute Gasteiger partial charge is 0.481 e. The molecule has 4 aromatic heterocycles. The van der Waals surface area contributed by atoms with E-state index in [4.69, 9.17) is 43.9 Å². The Hall–Kier alpha value is -8.07. The highest BCUT2D eigenvalue weighted by Crippen LogP contribution is 2.40. The Balaban J connectivity index is 0.000000223. The molecule has 6 aromatic rings. The molecular weight excluding hydrogens is 874 g/mol. The van der Waals surface area contributed by atoms with Gasteiger partial charge in [-0.05, 0) is 92.5 Å². The Morgan fingerprint density at radius 2 is 1.09 bits per heavy atom. The molecule has 0 aliphatic heterocycles. The first-order chi connectivity index (χ1) is 31.1. The van der Waals surface area contributed by atoms with Crippen LogP contribution in [0.25, 0.3) is 22.5 Å². The lowest BCUT2D eigenvalue weighted by Crippen LogP contribution is -2.25. The smallest absolute Gasteiger partial charge is 0.220 e. The lowest BCUT2D eigenvalue weighted by atomic mass is 9.78. The first-order valence-electron chi connectivity index (χ1n) is 19.9. The predicted octanol–water partition coefficient (Wildman–Crippen LogP) is 4.33. The number of carbonyl (C=O) groups is 1. The van der Waals surface area contributed by atoms with E-state index in [1.165, 1.54) is 38.5 Å². The molecule has 19 nitrogen and oxygen atoms in total. The summed E-state index contributed by atoms with van der Waals surface area (Å²) in [4.78, 5) is 38.8. The van der Waals surface area contributed by atoms with Crippen molar-refractivity contribution in [1.82, 2.24) is 29.9 Å². The van der Waals surface area contributed by atoms with Crippen molar-refractivity contribution in [2.24, 2.45) is 44.1 Å². The number of Topliss-reactive ketones (excluding diaryl/α,β-unsaturated/α-hetero) is 1. The molecule has 344 valence electrons. The van der Waals surface area contributed by atoms with Crippen molar-refractivity contribution in [3.05, 3.63) is 129 Å².